The number of amides is 3. The summed E-state index contributed by atoms with van der Waals surface area (Å²) < 4.78 is 34.8. The number of ether oxygens (including phenoxy) is 2. The van der Waals surface area contributed by atoms with Crippen LogP contribution in [-0.2, 0) is 32.7 Å². The van der Waals surface area contributed by atoms with Gasteiger partial charge in [0.2, 0.25) is 5.91 Å². The number of esters is 1. The van der Waals surface area contributed by atoms with Crippen LogP contribution in [0.15, 0.2) is 36.4 Å². The average Bonchev–Trinajstić information content (AvgIpc) is 3.08. The molecule has 264 valence electrons. The molecule has 3 rings (SSSR count). The van der Waals surface area contributed by atoms with Crippen LogP contribution in [0.1, 0.15) is 57.4 Å². The Balaban J connectivity index is 1.85. The van der Waals surface area contributed by atoms with Gasteiger partial charge in [0.1, 0.15) is 17.6 Å². The lowest BCUT2D eigenvalue weighted by Crippen LogP contribution is -2.57. The van der Waals surface area contributed by atoms with Gasteiger partial charge in [0.05, 0.1) is 39.0 Å². The van der Waals surface area contributed by atoms with Crippen LogP contribution in [0.3, 0.4) is 0 Å². The maximum Gasteiger partial charge on any atom is 0.409 e. The number of nitrogens with zero attached hydrogens (tertiary/aromatic N) is 4. The summed E-state index contributed by atoms with van der Waals surface area (Å²) in [6, 6.07) is 9.10. The van der Waals surface area contributed by atoms with Gasteiger partial charge >= 0.3 is 19.7 Å². The molecule has 48 heavy (non-hydrogen) atoms. The predicted molar refractivity (Wildman–Crippen MR) is 179 cm³/mol. The second-order valence-electron chi connectivity index (χ2n) is 10.7. The Hall–Kier alpha value is -4.07. The Labute approximate surface area is 281 Å². The molecule has 15 nitrogen and oxygen atoms in total. The van der Waals surface area contributed by atoms with Crippen molar-refractivity contribution >= 4 is 37.3 Å². The third-order valence-corrected chi connectivity index (χ3v) is 9.28. The van der Waals surface area contributed by atoms with Crippen LogP contribution in [0.2, 0.25) is 0 Å². The summed E-state index contributed by atoms with van der Waals surface area (Å²) >= 11 is 0. The van der Waals surface area contributed by atoms with Crippen molar-refractivity contribution in [3.63, 3.8) is 0 Å². The highest BCUT2D eigenvalue weighted by atomic mass is 31.2. The van der Waals surface area contributed by atoms with Crippen molar-refractivity contribution in [3.05, 3.63) is 42.1 Å². The molecule has 1 aliphatic rings. The smallest absolute Gasteiger partial charge is 0.409 e. The van der Waals surface area contributed by atoms with Crippen LogP contribution >= 0.6 is 7.60 Å². The minimum Gasteiger partial charge on any atom is -0.466 e. The largest absolute Gasteiger partial charge is 0.466 e. The molecule has 0 radical (unpaired) electrons. The molecule has 1 unspecified atom stereocenters. The van der Waals surface area contributed by atoms with Gasteiger partial charge in [-0.25, -0.2) is 14.8 Å². The molecule has 1 aromatic carbocycles. The highest BCUT2D eigenvalue weighted by Gasteiger charge is 2.37. The molecule has 1 saturated heterocycles. The number of carbonyl (C=O) groups excluding carboxylic acids is 4. The minimum absolute atomic E-state index is 0.0671. The Morgan fingerprint density at radius 2 is 1.56 bits per heavy atom. The first kappa shape index (κ1) is 38.4. The van der Waals surface area contributed by atoms with Crippen LogP contribution in [0.5, 0.6) is 0 Å². The standard InChI is InChI=1S/C32H47N6O9P/c1-5-9-21-45-32(42)38-19-17-37(18-20-38)31(41)26(23-48(43,46-7-3)47-8-4)35-30(40)25-22-27(33-16-15-28(39)44-6-2)36-29(34-25)24-13-11-10-12-14-24/h10-14,22,26H,5-9,15-21,23H2,1-4H3,(H,35,40)(H,33,34,36). The third kappa shape index (κ3) is 11.9. The lowest BCUT2D eigenvalue weighted by Gasteiger charge is -2.36. The molecule has 1 aromatic heterocycles. The second-order valence-corrected chi connectivity index (χ2v) is 12.8. The predicted octanol–water partition coefficient (Wildman–Crippen LogP) is 3.95. The fraction of sp³-hybridized carbons (Fsp3) is 0.562. The Kier molecular flexibility index (Phi) is 15.7. The molecule has 16 heteroatoms. The average molecular weight is 691 g/mol. The fourth-order valence-corrected chi connectivity index (χ4v) is 6.57. The summed E-state index contributed by atoms with van der Waals surface area (Å²) in [7, 11) is -3.80. The molecule has 2 N–H and O–H groups in total. The van der Waals surface area contributed by atoms with Crippen LogP contribution in [0, 0.1) is 0 Å². The van der Waals surface area contributed by atoms with Gasteiger partial charge in [-0.3, -0.25) is 18.9 Å². The zero-order valence-electron chi connectivity index (χ0n) is 28.1. The fourth-order valence-electron chi connectivity index (χ4n) is 4.80. The molecule has 1 atom stereocenters. The first-order valence-corrected chi connectivity index (χ1v) is 18.1. The topological polar surface area (TPSA) is 179 Å². The monoisotopic (exact) mass is 690 g/mol. The molecule has 0 bridgehead atoms. The first-order chi connectivity index (χ1) is 23.1. The number of aromatic nitrogens is 2. The molecule has 2 aromatic rings. The van der Waals surface area contributed by atoms with Gasteiger partial charge < -0.3 is 39.0 Å². The molecular formula is C32H47N6O9P. The molecule has 3 amide bonds. The molecule has 1 fully saturated rings. The Bertz CT molecular complexity index is 1400. The van der Waals surface area contributed by atoms with E-state index in [1.165, 1.54) is 15.9 Å². The molecule has 0 saturated carbocycles. The first-order valence-electron chi connectivity index (χ1n) is 16.4. The van der Waals surface area contributed by atoms with Crippen molar-refractivity contribution in [1.82, 2.24) is 25.1 Å². The van der Waals surface area contributed by atoms with E-state index in [1.54, 1.807) is 45.0 Å². The van der Waals surface area contributed by atoms with Crippen LogP contribution in [0.25, 0.3) is 11.4 Å². The van der Waals surface area contributed by atoms with E-state index < -0.39 is 37.7 Å². The summed E-state index contributed by atoms with van der Waals surface area (Å²) in [5.74, 6) is -1.10. The zero-order valence-corrected chi connectivity index (χ0v) is 29.0. The van der Waals surface area contributed by atoms with Crippen molar-refractivity contribution < 1.29 is 42.3 Å². The summed E-state index contributed by atoms with van der Waals surface area (Å²) in [5, 5.41) is 5.74. The zero-order chi connectivity index (χ0) is 34.9. The summed E-state index contributed by atoms with van der Waals surface area (Å²) in [6.07, 6.45) is 0.869. The van der Waals surface area contributed by atoms with Crippen molar-refractivity contribution in [2.75, 3.05) is 70.6 Å². The van der Waals surface area contributed by atoms with Gasteiger partial charge in [-0.05, 0) is 27.2 Å². The Morgan fingerprint density at radius 1 is 0.896 bits per heavy atom. The van der Waals surface area contributed by atoms with Gasteiger partial charge in [-0.2, -0.15) is 0 Å². The number of rotatable bonds is 18. The van der Waals surface area contributed by atoms with Crippen LogP contribution in [-0.4, -0.2) is 115 Å². The lowest BCUT2D eigenvalue weighted by molar-refractivity contribution is -0.142. The number of hydrogen-bond donors (Lipinski definition) is 2. The van der Waals surface area contributed by atoms with Crippen LogP contribution < -0.4 is 10.6 Å². The van der Waals surface area contributed by atoms with E-state index in [9.17, 15) is 23.7 Å². The summed E-state index contributed by atoms with van der Waals surface area (Å²) in [4.78, 5) is 64.0. The quantitative estimate of drug-likeness (QED) is 0.131. The molecule has 0 aliphatic carbocycles. The van der Waals surface area contributed by atoms with E-state index in [1.807, 2.05) is 13.0 Å². The van der Waals surface area contributed by atoms with Gasteiger partial charge in [-0.1, -0.05) is 43.7 Å². The van der Waals surface area contributed by atoms with Crippen LogP contribution in [0.4, 0.5) is 10.6 Å². The van der Waals surface area contributed by atoms with Gasteiger partial charge in [0.15, 0.2) is 5.82 Å². The molecule has 2 heterocycles. The maximum absolute atomic E-state index is 13.9. The number of piperazine rings is 1. The second kappa shape index (κ2) is 19.7. The van der Waals surface area contributed by atoms with E-state index >= 15 is 0 Å². The number of carbonyl (C=O) groups is 4. The highest BCUT2D eigenvalue weighted by molar-refractivity contribution is 7.54. The van der Waals surface area contributed by atoms with E-state index in [2.05, 4.69) is 20.6 Å². The van der Waals surface area contributed by atoms with Gasteiger partial charge in [0.25, 0.3) is 5.91 Å². The molecular weight excluding hydrogens is 643 g/mol. The number of hydrogen-bond acceptors (Lipinski definition) is 12. The normalized spacial score (nSPS) is 13.8. The van der Waals surface area contributed by atoms with Crippen molar-refractivity contribution in [2.24, 2.45) is 0 Å². The minimum atomic E-state index is -3.80. The number of nitrogens with one attached hydrogen (secondary N) is 2. The van der Waals surface area contributed by atoms with Crippen molar-refractivity contribution in [1.29, 1.82) is 0 Å². The SMILES string of the molecule is CCCCOC(=O)N1CCN(C(=O)C(CP(=O)(OCC)OCC)NC(=O)c2cc(NCCC(=O)OCC)nc(-c3ccccc3)n2)CC1. The van der Waals surface area contributed by atoms with E-state index in [4.69, 9.17) is 18.5 Å². The third-order valence-electron chi connectivity index (χ3n) is 7.17. The van der Waals surface area contributed by atoms with Gasteiger partial charge in [-0.15, -0.1) is 0 Å². The molecule has 0 spiro atoms. The highest BCUT2D eigenvalue weighted by Crippen LogP contribution is 2.48. The van der Waals surface area contributed by atoms with Crippen molar-refractivity contribution in [2.45, 2.75) is 53.0 Å². The van der Waals surface area contributed by atoms with E-state index in [-0.39, 0.29) is 82.3 Å². The number of anilines is 1. The van der Waals surface area contributed by atoms with Crippen molar-refractivity contribution in [3.8, 4) is 11.4 Å². The molecule has 1 aliphatic heterocycles. The number of benzene rings is 1. The van der Waals surface area contributed by atoms with E-state index in [0.29, 0.717) is 12.2 Å². The summed E-state index contributed by atoms with van der Waals surface area (Å²) in [5.41, 5.74) is 0.569. The Morgan fingerprint density at radius 3 is 2.19 bits per heavy atom. The lowest BCUT2D eigenvalue weighted by atomic mass is 10.2. The number of unbranched alkanes of at least 4 members (excludes halogenated alkanes) is 1. The maximum atomic E-state index is 13.9. The van der Waals surface area contributed by atoms with E-state index in [0.717, 1.165) is 12.8 Å². The van der Waals surface area contributed by atoms with Gasteiger partial charge in [0, 0.05) is 44.4 Å². The summed E-state index contributed by atoms with van der Waals surface area (Å²) in [6.45, 7) is 8.78.